The van der Waals surface area contributed by atoms with Crippen molar-refractivity contribution in [2.75, 3.05) is 5.32 Å². The quantitative estimate of drug-likeness (QED) is 0.712. The van der Waals surface area contributed by atoms with Gasteiger partial charge < -0.3 is 10.6 Å². The van der Waals surface area contributed by atoms with E-state index in [0.717, 1.165) is 11.1 Å². The fourth-order valence-electron chi connectivity index (χ4n) is 2.14. The third kappa shape index (κ3) is 4.74. The number of aromatic nitrogens is 3. The highest BCUT2D eigenvalue weighted by molar-refractivity contribution is 6.31. The fourth-order valence-corrected chi connectivity index (χ4v) is 2.34. The van der Waals surface area contributed by atoms with Gasteiger partial charge in [0.15, 0.2) is 0 Å². The molecule has 3 aromatic rings. The van der Waals surface area contributed by atoms with E-state index in [4.69, 9.17) is 11.6 Å². The number of anilines is 1. The summed E-state index contributed by atoms with van der Waals surface area (Å²) >= 11 is 6.07. The molecule has 0 bridgehead atoms. The smallest absolute Gasteiger partial charge is 0.271 e. The molecule has 2 N–H and O–H groups in total. The van der Waals surface area contributed by atoms with Gasteiger partial charge in [-0.05, 0) is 23.3 Å². The number of nitrogens with zero attached hydrogens (tertiary/aromatic N) is 3. The molecule has 2 aromatic heterocycles. The van der Waals surface area contributed by atoms with Gasteiger partial charge in [0, 0.05) is 30.5 Å². The molecule has 0 spiro atoms. The number of benzene rings is 1. The van der Waals surface area contributed by atoms with Crippen LogP contribution in [0.4, 0.5) is 5.82 Å². The summed E-state index contributed by atoms with van der Waals surface area (Å²) in [5.74, 6) is 0.290. The molecule has 0 saturated heterocycles. The first kappa shape index (κ1) is 16.9. The van der Waals surface area contributed by atoms with Crippen molar-refractivity contribution < 1.29 is 4.79 Å². The summed E-state index contributed by atoms with van der Waals surface area (Å²) in [4.78, 5) is 24.5. The molecule has 25 heavy (non-hydrogen) atoms. The molecule has 3 rings (SSSR count). The summed E-state index contributed by atoms with van der Waals surface area (Å²) in [6.07, 6.45) is 6.46. The Morgan fingerprint density at radius 2 is 1.88 bits per heavy atom. The highest BCUT2D eigenvalue weighted by Crippen LogP contribution is 2.14. The van der Waals surface area contributed by atoms with Crippen molar-refractivity contribution in [3.05, 3.63) is 83.0 Å². The van der Waals surface area contributed by atoms with E-state index in [0.29, 0.717) is 23.9 Å². The summed E-state index contributed by atoms with van der Waals surface area (Å²) in [5.41, 5.74) is 2.13. The van der Waals surface area contributed by atoms with Crippen LogP contribution in [0, 0.1) is 0 Å². The summed E-state index contributed by atoms with van der Waals surface area (Å²) < 4.78 is 0. The average Bonchev–Trinajstić information content (AvgIpc) is 2.67. The maximum absolute atomic E-state index is 12.1. The molecule has 2 heterocycles. The molecule has 0 aliphatic heterocycles. The number of hydrogen-bond acceptors (Lipinski definition) is 5. The largest absolute Gasteiger partial charge is 0.365 e. The van der Waals surface area contributed by atoms with Crippen LogP contribution in [0.2, 0.25) is 5.02 Å². The second kappa shape index (κ2) is 8.21. The van der Waals surface area contributed by atoms with E-state index in [1.165, 1.54) is 12.4 Å². The van der Waals surface area contributed by atoms with Crippen molar-refractivity contribution in [2.45, 2.75) is 13.1 Å². The van der Waals surface area contributed by atoms with Gasteiger partial charge in [-0.25, -0.2) is 9.97 Å². The van der Waals surface area contributed by atoms with Crippen molar-refractivity contribution >= 4 is 23.3 Å². The van der Waals surface area contributed by atoms with Crippen molar-refractivity contribution in [1.82, 2.24) is 20.3 Å². The van der Waals surface area contributed by atoms with Crippen LogP contribution in [0.5, 0.6) is 0 Å². The zero-order valence-corrected chi connectivity index (χ0v) is 14.1. The lowest BCUT2D eigenvalue weighted by atomic mass is 10.2. The summed E-state index contributed by atoms with van der Waals surface area (Å²) in [7, 11) is 0. The van der Waals surface area contributed by atoms with E-state index in [9.17, 15) is 4.79 Å². The zero-order valence-electron chi connectivity index (χ0n) is 13.3. The summed E-state index contributed by atoms with van der Waals surface area (Å²) in [5, 5.41) is 6.52. The lowest BCUT2D eigenvalue weighted by Crippen LogP contribution is -2.24. The van der Waals surface area contributed by atoms with Crippen molar-refractivity contribution in [1.29, 1.82) is 0 Å². The van der Waals surface area contributed by atoms with Crippen LogP contribution in [0.1, 0.15) is 21.6 Å². The number of nitrogens with one attached hydrogen (secondary N) is 2. The van der Waals surface area contributed by atoms with Gasteiger partial charge in [0.1, 0.15) is 11.5 Å². The van der Waals surface area contributed by atoms with Crippen LogP contribution < -0.4 is 10.6 Å². The van der Waals surface area contributed by atoms with Gasteiger partial charge in [-0.1, -0.05) is 35.9 Å². The van der Waals surface area contributed by atoms with Gasteiger partial charge >= 0.3 is 0 Å². The van der Waals surface area contributed by atoms with E-state index in [1.54, 1.807) is 18.5 Å². The number of amides is 1. The Labute approximate surface area is 150 Å². The van der Waals surface area contributed by atoms with Crippen LogP contribution >= 0.6 is 11.6 Å². The molecule has 0 atom stereocenters. The fraction of sp³-hybridized carbons (Fsp3) is 0.111. The Kier molecular flexibility index (Phi) is 5.53. The molecular weight excluding hydrogens is 338 g/mol. The summed E-state index contributed by atoms with van der Waals surface area (Å²) in [6, 6.07) is 11.2. The topological polar surface area (TPSA) is 79.8 Å². The standard InChI is InChI=1S/C18H16ClN5O/c19-15-6-2-1-5-14(15)10-24-18(25)16-11-23-17(12-21-16)22-9-13-4-3-7-20-8-13/h1-8,11-12H,9-10H2,(H,22,23)(H,24,25). The highest BCUT2D eigenvalue weighted by atomic mass is 35.5. The maximum Gasteiger partial charge on any atom is 0.271 e. The highest BCUT2D eigenvalue weighted by Gasteiger charge is 2.09. The van der Waals surface area contributed by atoms with Gasteiger partial charge in [-0.2, -0.15) is 0 Å². The Morgan fingerprint density at radius 3 is 2.60 bits per heavy atom. The number of hydrogen-bond donors (Lipinski definition) is 2. The van der Waals surface area contributed by atoms with Crippen LogP contribution in [-0.4, -0.2) is 20.9 Å². The van der Waals surface area contributed by atoms with Crippen LogP contribution in [0.15, 0.2) is 61.2 Å². The van der Waals surface area contributed by atoms with Crippen molar-refractivity contribution in [3.63, 3.8) is 0 Å². The second-order valence-electron chi connectivity index (χ2n) is 5.28. The number of halogens is 1. The van der Waals surface area contributed by atoms with Gasteiger partial charge in [-0.3, -0.25) is 9.78 Å². The van der Waals surface area contributed by atoms with Gasteiger partial charge in [0.05, 0.1) is 12.4 Å². The molecule has 0 fully saturated rings. The molecule has 0 aliphatic carbocycles. The maximum atomic E-state index is 12.1. The van der Waals surface area contributed by atoms with E-state index in [2.05, 4.69) is 25.6 Å². The normalized spacial score (nSPS) is 10.3. The molecule has 126 valence electrons. The predicted octanol–water partition coefficient (Wildman–Crippen LogP) is 3.07. The van der Waals surface area contributed by atoms with E-state index in [1.807, 2.05) is 30.3 Å². The zero-order chi connectivity index (χ0) is 17.5. The molecule has 6 nitrogen and oxygen atoms in total. The van der Waals surface area contributed by atoms with Gasteiger partial charge in [0.2, 0.25) is 0 Å². The minimum Gasteiger partial charge on any atom is -0.365 e. The molecule has 7 heteroatoms. The third-order valence-corrected chi connectivity index (χ3v) is 3.85. The molecule has 0 unspecified atom stereocenters. The van der Waals surface area contributed by atoms with Crippen molar-refractivity contribution in [2.24, 2.45) is 0 Å². The minimum absolute atomic E-state index is 0.249. The van der Waals surface area contributed by atoms with Gasteiger partial charge in [-0.15, -0.1) is 0 Å². The predicted molar refractivity (Wildman–Crippen MR) is 96.2 cm³/mol. The first-order chi connectivity index (χ1) is 12.2. The third-order valence-electron chi connectivity index (χ3n) is 3.48. The second-order valence-corrected chi connectivity index (χ2v) is 5.68. The Balaban J connectivity index is 1.54. The molecule has 0 saturated carbocycles. The van der Waals surface area contributed by atoms with Crippen molar-refractivity contribution in [3.8, 4) is 0 Å². The van der Waals surface area contributed by atoms with Gasteiger partial charge in [0.25, 0.3) is 5.91 Å². The van der Waals surface area contributed by atoms with Crippen LogP contribution in [0.25, 0.3) is 0 Å². The molecule has 0 aliphatic rings. The number of carbonyl (C=O) groups is 1. The molecule has 1 amide bonds. The average molecular weight is 354 g/mol. The Morgan fingerprint density at radius 1 is 1.00 bits per heavy atom. The van der Waals surface area contributed by atoms with E-state index >= 15 is 0 Å². The number of rotatable bonds is 6. The van der Waals surface area contributed by atoms with Crippen LogP contribution in [0.3, 0.4) is 0 Å². The first-order valence-corrected chi connectivity index (χ1v) is 8.06. The Bertz CT molecular complexity index is 840. The molecule has 0 radical (unpaired) electrons. The molecular formula is C18H16ClN5O. The van der Waals surface area contributed by atoms with E-state index in [-0.39, 0.29) is 11.6 Å². The number of carbonyl (C=O) groups excluding carboxylic acids is 1. The SMILES string of the molecule is O=C(NCc1ccccc1Cl)c1cnc(NCc2cccnc2)cn1. The first-order valence-electron chi connectivity index (χ1n) is 7.69. The number of pyridine rings is 1. The summed E-state index contributed by atoms with van der Waals surface area (Å²) in [6.45, 7) is 0.918. The lowest BCUT2D eigenvalue weighted by molar-refractivity contribution is 0.0945. The van der Waals surface area contributed by atoms with E-state index < -0.39 is 0 Å². The van der Waals surface area contributed by atoms with Crippen LogP contribution in [-0.2, 0) is 13.1 Å². The Hall–Kier alpha value is -2.99. The minimum atomic E-state index is -0.300. The lowest BCUT2D eigenvalue weighted by Gasteiger charge is -2.08. The monoisotopic (exact) mass is 353 g/mol. The molecule has 1 aromatic carbocycles.